The number of hydrogen-bond donors (Lipinski definition) is 2. The quantitative estimate of drug-likeness (QED) is 0.265. The molecule has 1 atom stereocenters. The van der Waals surface area contributed by atoms with Gasteiger partial charge in [0.2, 0.25) is 0 Å². The highest BCUT2D eigenvalue weighted by atomic mass is 32.1. The number of carboxylic acids is 1. The fraction of sp³-hybridized carbons (Fsp3) is 0.276. The zero-order valence-corrected chi connectivity index (χ0v) is 22.1. The first-order valence-electron chi connectivity index (χ1n) is 12.1. The van der Waals surface area contributed by atoms with Gasteiger partial charge in [0.15, 0.2) is 6.10 Å². The lowest BCUT2D eigenvalue weighted by Crippen LogP contribution is -2.29. The Morgan fingerprint density at radius 1 is 1.08 bits per heavy atom. The Morgan fingerprint density at radius 2 is 1.84 bits per heavy atom. The summed E-state index contributed by atoms with van der Waals surface area (Å²) in [6.07, 6.45) is 2.27. The number of carbonyl (C=O) groups is 2. The zero-order chi connectivity index (χ0) is 26.5. The number of amides is 1. The minimum absolute atomic E-state index is 0.212. The SMILES string of the molecule is Cc1ccc(-c2nc(C(=O)NCc3cc(CC(OC(C)C)C(=O)O)ccc3-c3ccoc3)c(C)s2)cc1. The van der Waals surface area contributed by atoms with Gasteiger partial charge in [-0.15, -0.1) is 11.3 Å². The molecule has 0 aliphatic carbocycles. The van der Waals surface area contributed by atoms with Gasteiger partial charge >= 0.3 is 5.97 Å². The normalized spacial score (nSPS) is 12.0. The molecule has 1 amide bonds. The van der Waals surface area contributed by atoms with Crippen molar-refractivity contribution in [2.45, 2.75) is 52.9 Å². The molecule has 0 fully saturated rings. The lowest BCUT2D eigenvalue weighted by atomic mass is 9.97. The molecule has 0 aliphatic heterocycles. The molecule has 4 rings (SSSR count). The number of thiazole rings is 1. The van der Waals surface area contributed by atoms with Crippen LogP contribution in [0.1, 0.15) is 45.9 Å². The van der Waals surface area contributed by atoms with Crippen molar-refractivity contribution in [2.24, 2.45) is 0 Å². The number of aromatic nitrogens is 1. The number of nitrogens with zero attached hydrogens (tertiary/aromatic N) is 1. The lowest BCUT2D eigenvalue weighted by molar-refractivity contribution is -0.153. The van der Waals surface area contributed by atoms with Gasteiger partial charge in [0, 0.05) is 29.0 Å². The van der Waals surface area contributed by atoms with E-state index in [1.54, 1.807) is 12.5 Å². The molecule has 1 unspecified atom stereocenters. The van der Waals surface area contributed by atoms with E-state index >= 15 is 0 Å². The second kappa shape index (κ2) is 11.5. The average molecular weight is 519 g/mol. The van der Waals surface area contributed by atoms with Crippen molar-refractivity contribution in [3.8, 4) is 21.7 Å². The summed E-state index contributed by atoms with van der Waals surface area (Å²) in [7, 11) is 0. The molecule has 0 radical (unpaired) electrons. The van der Waals surface area contributed by atoms with Gasteiger partial charge in [0.1, 0.15) is 10.7 Å². The topological polar surface area (TPSA) is 102 Å². The van der Waals surface area contributed by atoms with Gasteiger partial charge in [-0.25, -0.2) is 9.78 Å². The molecule has 7 nitrogen and oxygen atoms in total. The van der Waals surface area contributed by atoms with E-state index in [4.69, 9.17) is 9.15 Å². The first-order valence-corrected chi connectivity index (χ1v) is 12.9. The first kappa shape index (κ1) is 26.3. The van der Waals surface area contributed by atoms with Gasteiger partial charge in [-0.2, -0.15) is 0 Å². The molecular formula is C29H30N2O5S. The molecule has 2 aromatic carbocycles. The third-order valence-corrected chi connectivity index (χ3v) is 6.90. The van der Waals surface area contributed by atoms with Gasteiger partial charge < -0.3 is 19.6 Å². The molecular weight excluding hydrogens is 488 g/mol. The van der Waals surface area contributed by atoms with E-state index in [1.807, 2.05) is 76.2 Å². The maximum Gasteiger partial charge on any atom is 0.333 e. The Bertz CT molecular complexity index is 1370. The minimum atomic E-state index is -1.01. The van der Waals surface area contributed by atoms with Crippen LogP contribution < -0.4 is 5.32 Å². The minimum Gasteiger partial charge on any atom is -0.479 e. The summed E-state index contributed by atoms with van der Waals surface area (Å²) in [6.45, 7) is 7.78. The van der Waals surface area contributed by atoms with E-state index in [0.717, 1.165) is 43.3 Å². The van der Waals surface area contributed by atoms with Crippen molar-refractivity contribution in [2.75, 3.05) is 0 Å². The molecule has 2 heterocycles. The maximum atomic E-state index is 13.1. The van der Waals surface area contributed by atoms with E-state index < -0.39 is 12.1 Å². The number of aryl methyl sites for hydroxylation is 2. The second-order valence-corrected chi connectivity index (χ2v) is 10.4. The number of aliphatic carboxylic acids is 1. The standard InChI is InChI=1S/C29H30N2O5S/c1-17(2)36-25(29(33)34)14-20-7-10-24(22-11-12-35-16-22)23(13-20)15-30-27(32)26-19(4)37-28(31-26)21-8-5-18(3)6-9-21/h5-13,16-17,25H,14-15H2,1-4H3,(H,30,32)(H,33,34). The van der Waals surface area contributed by atoms with Gasteiger partial charge in [-0.05, 0) is 50.5 Å². The molecule has 2 aromatic heterocycles. The Labute approximate surface area is 220 Å². The Morgan fingerprint density at radius 3 is 2.49 bits per heavy atom. The van der Waals surface area contributed by atoms with Crippen molar-refractivity contribution in [3.63, 3.8) is 0 Å². The lowest BCUT2D eigenvalue weighted by Gasteiger charge is -2.18. The van der Waals surface area contributed by atoms with E-state index in [0.29, 0.717) is 5.69 Å². The molecule has 0 spiro atoms. The Balaban J connectivity index is 1.56. The van der Waals surface area contributed by atoms with Crippen molar-refractivity contribution in [1.82, 2.24) is 10.3 Å². The highest BCUT2D eigenvalue weighted by molar-refractivity contribution is 7.15. The number of hydrogen-bond acceptors (Lipinski definition) is 6. The number of nitrogens with one attached hydrogen (secondary N) is 1. The summed E-state index contributed by atoms with van der Waals surface area (Å²) in [5.74, 6) is -1.27. The number of furan rings is 1. The number of ether oxygens (including phenoxy) is 1. The monoisotopic (exact) mass is 518 g/mol. The first-order chi connectivity index (χ1) is 17.7. The third kappa shape index (κ3) is 6.53. The van der Waals surface area contributed by atoms with Gasteiger partial charge in [0.05, 0.1) is 18.6 Å². The van der Waals surface area contributed by atoms with Crippen LogP contribution in [-0.4, -0.2) is 34.2 Å². The van der Waals surface area contributed by atoms with Crippen molar-refractivity contribution >= 4 is 23.2 Å². The van der Waals surface area contributed by atoms with E-state index in [9.17, 15) is 14.7 Å². The molecule has 0 saturated heterocycles. The molecule has 0 aliphatic rings. The largest absolute Gasteiger partial charge is 0.479 e. The average Bonchev–Trinajstić information content (AvgIpc) is 3.52. The zero-order valence-electron chi connectivity index (χ0n) is 21.3. The number of carboxylic acid groups (broad SMARTS) is 1. The van der Waals surface area contributed by atoms with Crippen molar-refractivity contribution in [1.29, 1.82) is 0 Å². The van der Waals surface area contributed by atoms with Crippen LogP contribution in [-0.2, 0) is 22.5 Å². The van der Waals surface area contributed by atoms with Gasteiger partial charge in [-0.1, -0.05) is 48.0 Å². The third-order valence-electron chi connectivity index (χ3n) is 5.88. The van der Waals surface area contributed by atoms with Crippen LogP contribution in [0.15, 0.2) is 65.5 Å². The summed E-state index contributed by atoms with van der Waals surface area (Å²) in [6, 6.07) is 15.6. The van der Waals surface area contributed by atoms with Crippen LogP contribution in [0, 0.1) is 13.8 Å². The van der Waals surface area contributed by atoms with E-state index in [2.05, 4.69) is 10.3 Å². The van der Waals surface area contributed by atoms with Gasteiger partial charge in [-0.3, -0.25) is 4.79 Å². The summed E-state index contributed by atoms with van der Waals surface area (Å²) in [5.41, 5.74) is 5.95. The Kier molecular flexibility index (Phi) is 8.21. The maximum absolute atomic E-state index is 13.1. The van der Waals surface area contributed by atoms with E-state index in [-0.39, 0.29) is 25.0 Å². The van der Waals surface area contributed by atoms with Crippen molar-refractivity contribution < 1.29 is 23.8 Å². The molecule has 37 heavy (non-hydrogen) atoms. The van der Waals surface area contributed by atoms with Crippen LogP contribution >= 0.6 is 11.3 Å². The molecule has 0 bridgehead atoms. The predicted octanol–water partition coefficient (Wildman–Crippen LogP) is 6.04. The van der Waals surface area contributed by atoms with Crippen LogP contribution in [0.5, 0.6) is 0 Å². The molecule has 2 N–H and O–H groups in total. The number of rotatable bonds is 10. The van der Waals surface area contributed by atoms with Crippen LogP contribution in [0.25, 0.3) is 21.7 Å². The fourth-order valence-electron chi connectivity index (χ4n) is 4.04. The van der Waals surface area contributed by atoms with Crippen molar-refractivity contribution in [3.05, 3.63) is 88.3 Å². The summed E-state index contributed by atoms with van der Waals surface area (Å²) in [4.78, 5) is 30.3. The van der Waals surface area contributed by atoms with Crippen LogP contribution in [0.2, 0.25) is 0 Å². The molecule has 0 saturated carbocycles. The van der Waals surface area contributed by atoms with Crippen LogP contribution in [0.3, 0.4) is 0 Å². The molecule has 192 valence electrons. The fourth-order valence-corrected chi connectivity index (χ4v) is 4.96. The molecule has 8 heteroatoms. The highest BCUT2D eigenvalue weighted by Crippen LogP contribution is 2.29. The summed E-state index contributed by atoms with van der Waals surface area (Å²) in [5, 5.41) is 13.4. The predicted molar refractivity (Wildman–Crippen MR) is 144 cm³/mol. The van der Waals surface area contributed by atoms with Gasteiger partial charge in [0.25, 0.3) is 5.91 Å². The summed E-state index contributed by atoms with van der Waals surface area (Å²) < 4.78 is 10.8. The van der Waals surface area contributed by atoms with E-state index in [1.165, 1.54) is 11.3 Å². The highest BCUT2D eigenvalue weighted by Gasteiger charge is 2.22. The number of carbonyl (C=O) groups excluding carboxylic acids is 1. The second-order valence-electron chi connectivity index (χ2n) is 9.19. The molecule has 4 aromatic rings. The smallest absolute Gasteiger partial charge is 0.333 e. The van der Waals surface area contributed by atoms with Crippen LogP contribution in [0.4, 0.5) is 0 Å². The number of benzene rings is 2. The summed E-state index contributed by atoms with van der Waals surface area (Å²) >= 11 is 1.49. The Hall–Kier alpha value is -3.75.